The average molecular weight is 242 g/mol. The van der Waals surface area contributed by atoms with Gasteiger partial charge in [-0.2, -0.15) is 0 Å². The van der Waals surface area contributed by atoms with Crippen molar-refractivity contribution in [2.45, 2.75) is 51.1 Å². The third kappa shape index (κ3) is 6.78. The summed E-state index contributed by atoms with van der Waals surface area (Å²) in [5, 5.41) is 17.5. The Morgan fingerprint density at radius 1 is 1.59 bits per heavy atom. The summed E-state index contributed by atoms with van der Waals surface area (Å²) in [5.74, 6) is 0.356. The Morgan fingerprint density at radius 2 is 2.29 bits per heavy atom. The molecule has 17 heavy (non-hydrogen) atoms. The summed E-state index contributed by atoms with van der Waals surface area (Å²) < 4.78 is 0. The molecule has 1 fully saturated rings. The van der Waals surface area contributed by atoms with Crippen LogP contribution in [0.3, 0.4) is 0 Å². The minimum atomic E-state index is 0.137. The van der Waals surface area contributed by atoms with Crippen LogP contribution in [0.15, 0.2) is 5.16 Å². The maximum Gasteiger partial charge on any atom is 0.220 e. The molecule has 6 nitrogen and oxygen atoms in total. The number of carbonyl (C=O) groups excluding carboxylic acids is 1. The van der Waals surface area contributed by atoms with Gasteiger partial charge in [0.05, 0.1) is 0 Å². The van der Waals surface area contributed by atoms with Crippen molar-refractivity contribution in [3.8, 4) is 0 Å². The number of hydrogen-bond acceptors (Lipinski definition) is 4. The van der Waals surface area contributed by atoms with Crippen molar-refractivity contribution in [2.75, 3.05) is 6.54 Å². The maximum atomic E-state index is 11.4. The number of rotatable bonds is 8. The standard InChI is InChI=1S/C11H22N4O2/c1-8(7-10(12)15-17)13-6-2-3-11(16)14-9-4-5-9/h8-9,13,17H,2-7H2,1H3,(H2,12,15)(H,14,16). The highest BCUT2D eigenvalue weighted by Crippen LogP contribution is 2.18. The zero-order chi connectivity index (χ0) is 12.7. The normalized spacial score (nSPS) is 17.8. The van der Waals surface area contributed by atoms with Crippen LogP contribution in [-0.2, 0) is 4.79 Å². The second-order valence-electron chi connectivity index (χ2n) is 4.60. The van der Waals surface area contributed by atoms with Crippen LogP contribution in [0.5, 0.6) is 0 Å². The fourth-order valence-electron chi connectivity index (χ4n) is 1.55. The average Bonchev–Trinajstić information content (AvgIpc) is 3.08. The molecule has 1 aliphatic carbocycles. The van der Waals surface area contributed by atoms with E-state index in [-0.39, 0.29) is 17.8 Å². The Hall–Kier alpha value is -1.30. The summed E-state index contributed by atoms with van der Waals surface area (Å²) in [6.45, 7) is 2.72. The van der Waals surface area contributed by atoms with Gasteiger partial charge in [0.1, 0.15) is 5.84 Å². The van der Waals surface area contributed by atoms with Gasteiger partial charge in [-0.05, 0) is 32.7 Å². The van der Waals surface area contributed by atoms with Crippen molar-refractivity contribution in [2.24, 2.45) is 10.9 Å². The van der Waals surface area contributed by atoms with Gasteiger partial charge in [0, 0.05) is 24.9 Å². The molecule has 0 saturated heterocycles. The highest BCUT2D eigenvalue weighted by Gasteiger charge is 2.22. The second kappa shape index (κ2) is 7.11. The van der Waals surface area contributed by atoms with E-state index in [1.54, 1.807) is 0 Å². The van der Waals surface area contributed by atoms with Crippen LogP contribution in [-0.4, -0.2) is 35.6 Å². The van der Waals surface area contributed by atoms with Crippen LogP contribution >= 0.6 is 0 Å². The molecular weight excluding hydrogens is 220 g/mol. The molecule has 0 heterocycles. The Balaban J connectivity index is 1.97. The van der Waals surface area contributed by atoms with Gasteiger partial charge in [-0.25, -0.2) is 0 Å². The molecule has 1 saturated carbocycles. The quantitative estimate of drug-likeness (QED) is 0.160. The molecule has 0 aromatic rings. The first kappa shape index (κ1) is 13.8. The lowest BCUT2D eigenvalue weighted by Gasteiger charge is -2.12. The van der Waals surface area contributed by atoms with Crippen molar-refractivity contribution in [1.29, 1.82) is 0 Å². The number of amidine groups is 1. The minimum absolute atomic E-state index is 0.137. The minimum Gasteiger partial charge on any atom is -0.409 e. The van der Waals surface area contributed by atoms with E-state index in [0.29, 0.717) is 18.9 Å². The summed E-state index contributed by atoms with van der Waals surface area (Å²) in [6, 6.07) is 0.590. The molecule has 1 aliphatic rings. The Morgan fingerprint density at radius 3 is 2.88 bits per heavy atom. The molecule has 0 spiro atoms. The first-order valence-electron chi connectivity index (χ1n) is 6.11. The van der Waals surface area contributed by atoms with E-state index in [1.165, 1.54) is 0 Å². The molecule has 0 aromatic carbocycles. The van der Waals surface area contributed by atoms with Gasteiger partial charge in [-0.1, -0.05) is 5.16 Å². The number of hydrogen-bond donors (Lipinski definition) is 4. The van der Waals surface area contributed by atoms with Crippen LogP contribution < -0.4 is 16.4 Å². The van der Waals surface area contributed by atoms with Gasteiger partial charge < -0.3 is 21.6 Å². The van der Waals surface area contributed by atoms with E-state index in [2.05, 4.69) is 15.8 Å². The Bertz CT molecular complexity index is 277. The summed E-state index contributed by atoms with van der Waals surface area (Å²) in [6.07, 6.45) is 4.12. The fraction of sp³-hybridized carbons (Fsp3) is 0.818. The van der Waals surface area contributed by atoms with Gasteiger partial charge in [-0.15, -0.1) is 0 Å². The molecular formula is C11H22N4O2. The van der Waals surface area contributed by atoms with E-state index in [1.807, 2.05) is 6.92 Å². The Labute approximate surface area is 102 Å². The van der Waals surface area contributed by atoms with Crippen LogP contribution in [0.4, 0.5) is 0 Å². The topological polar surface area (TPSA) is 99.7 Å². The number of oxime groups is 1. The molecule has 1 rings (SSSR count). The first-order valence-corrected chi connectivity index (χ1v) is 6.11. The van der Waals surface area contributed by atoms with Crippen molar-refractivity contribution < 1.29 is 10.0 Å². The van der Waals surface area contributed by atoms with E-state index < -0.39 is 0 Å². The largest absolute Gasteiger partial charge is 0.409 e. The van der Waals surface area contributed by atoms with E-state index in [9.17, 15) is 4.79 Å². The lowest BCUT2D eigenvalue weighted by atomic mass is 10.2. The summed E-state index contributed by atoms with van der Waals surface area (Å²) in [4.78, 5) is 11.4. The molecule has 1 atom stereocenters. The van der Waals surface area contributed by atoms with E-state index in [0.717, 1.165) is 25.8 Å². The second-order valence-corrected chi connectivity index (χ2v) is 4.60. The summed E-state index contributed by atoms with van der Waals surface area (Å²) >= 11 is 0. The lowest BCUT2D eigenvalue weighted by molar-refractivity contribution is -0.121. The SMILES string of the molecule is CC(CC(N)=NO)NCCCC(=O)NC1CC1. The third-order valence-electron chi connectivity index (χ3n) is 2.66. The van der Waals surface area contributed by atoms with E-state index >= 15 is 0 Å². The lowest BCUT2D eigenvalue weighted by Crippen LogP contribution is -2.32. The number of nitrogens with two attached hydrogens (primary N) is 1. The number of nitrogens with one attached hydrogen (secondary N) is 2. The number of nitrogens with zero attached hydrogens (tertiary/aromatic N) is 1. The molecule has 98 valence electrons. The van der Waals surface area contributed by atoms with Gasteiger partial charge in [0.25, 0.3) is 0 Å². The highest BCUT2D eigenvalue weighted by atomic mass is 16.4. The Kier molecular flexibility index (Phi) is 5.76. The fourth-order valence-corrected chi connectivity index (χ4v) is 1.55. The zero-order valence-electron chi connectivity index (χ0n) is 10.3. The van der Waals surface area contributed by atoms with Crippen LogP contribution in [0.25, 0.3) is 0 Å². The molecule has 0 bridgehead atoms. The van der Waals surface area contributed by atoms with Crippen molar-refractivity contribution >= 4 is 11.7 Å². The van der Waals surface area contributed by atoms with Gasteiger partial charge in [0.2, 0.25) is 5.91 Å². The molecule has 0 radical (unpaired) electrons. The van der Waals surface area contributed by atoms with Crippen LogP contribution in [0.2, 0.25) is 0 Å². The third-order valence-corrected chi connectivity index (χ3v) is 2.66. The molecule has 1 amide bonds. The number of amides is 1. The van der Waals surface area contributed by atoms with Crippen molar-refractivity contribution in [1.82, 2.24) is 10.6 Å². The summed E-state index contributed by atoms with van der Waals surface area (Å²) in [5.41, 5.74) is 5.38. The van der Waals surface area contributed by atoms with E-state index in [4.69, 9.17) is 10.9 Å². The molecule has 5 N–H and O–H groups in total. The predicted molar refractivity (Wildman–Crippen MR) is 65.9 cm³/mol. The first-order chi connectivity index (χ1) is 8.11. The predicted octanol–water partition coefficient (Wildman–Crippen LogP) is 0.160. The van der Waals surface area contributed by atoms with Crippen molar-refractivity contribution in [3.63, 3.8) is 0 Å². The smallest absolute Gasteiger partial charge is 0.220 e. The maximum absolute atomic E-state index is 11.4. The number of carbonyl (C=O) groups is 1. The van der Waals surface area contributed by atoms with Crippen molar-refractivity contribution in [3.05, 3.63) is 0 Å². The molecule has 0 aliphatic heterocycles. The van der Waals surface area contributed by atoms with Gasteiger partial charge in [-0.3, -0.25) is 4.79 Å². The van der Waals surface area contributed by atoms with Gasteiger partial charge in [0.15, 0.2) is 0 Å². The van der Waals surface area contributed by atoms with Crippen LogP contribution in [0, 0.1) is 0 Å². The summed E-state index contributed by atoms with van der Waals surface area (Å²) in [7, 11) is 0. The monoisotopic (exact) mass is 242 g/mol. The van der Waals surface area contributed by atoms with Gasteiger partial charge >= 0.3 is 0 Å². The molecule has 6 heteroatoms. The molecule has 0 aromatic heterocycles. The van der Waals surface area contributed by atoms with Crippen LogP contribution in [0.1, 0.15) is 39.0 Å². The molecule has 1 unspecified atom stereocenters. The zero-order valence-corrected chi connectivity index (χ0v) is 10.3. The highest BCUT2D eigenvalue weighted by molar-refractivity contribution is 5.80.